The second kappa shape index (κ2) is 8.61. The van der Waals surface area contributed by atoms with Crippen LogP contribution in [0.15, 0.2) is 54.7 Å². The van der Waals surface area contributed by atoms with E-state index in [0.29, 0.717) is 17.9 Å². The van der Waals surface area contributed by atoms with Crippen LogP contribution in [0, 0.1) is 5.92 Å². The highest BCUT2D eigenvalue weighted by atomic mass is 16.5. The number of ether oxygens (including phenoxy) is 1. The predicted octanol–water partition coefficient (Wildman–Crippen LogP) is 3.50. The van der Waals surface area contributed by atoms with E-state index in [0.717, 1.165) is 16.5 Å². The number of hydrogen-bond acceptors (Lipinski definition) is 3. The normalized spacial score (nSPS) is 12.0. The van der Waals surface area contributed by atoms with Gasteiger partial charge in [0.1, 0.15) is 11.8 Å². The zero-order valence-electron chi connectivity index (χ0n) is 16.3. The second-order valence-corrected chi connectivity index (χ2v) is 7.00. The Hall–Kier alpha value is -3.28. The van der Waals surface area contributed by atoms with Crippen molar-refractivity contribution in [2.75, 3.05) is 12.4 Å². The number of carbonyl (C=O) groups is 2. The molecule has 0 bridgehead atoms. The van der Waals surface area contributed by atoms with Crippen LogP contribution in [0.1, 0.15) is 19.4 Å². The molecule has 146 valence electrons. The van der Waals surface area contributed by atoms with E-state index < -0.39 is 6.04 Å². The van der Waals surface area contributed by atoms with Crippen LogP contribution in [-0.2, 0) is 16.0 Å². The maximum atomic E-state index is 13.0. The zero-order chi connectivity index (χ0) is 20.1. The largest absolute Gasteiger partial charge is 0.497 e. The monoisotopic (exact) mass is 379 g/mol. The van der Waals surface area contributed by atoms with Crippen molar-refractivity contribution in [3.05, 3.63) is 60.3 Å². The first-order valence-corrected chi connectivity index (χ1v) is 9.28. The van der Waals surface area contributed by atoms with Crippen molar-refractivity contribution >= 4 is 28.4 Å². The van der Waals surface area contributed by atoms with Gasteiger partial charge in [-0.1, -0.05) is 38.1 Å². The molecule has 1 unspecified atom stereocenters. The fraction of sp³-hybridized carbons (Fsp3) is 0.273. The van der Waals surface area contributed by atoms with E-state index in [1.54, 1.807) is 45.2 Å². The van der Waals surface area contributed by atoms with Gasteiger partial charge in [-0.2, -0.15) is 0 Å². The summed E-state index contributed by atoms with van der Waals surface area (Å²) in [5, 5.41) is 6.79. The van der Waals surface area contributed by atoms with Crippen molar-refractivity contribution in [1.82, 2.24) is 10.3 Å². The molecule has 0 saturated heterocycles. The summed E-state index contributed by atoms with van der Waals surface area (Å²) in [5.41, 5.74) is 2.59. The molecular formula is C22H25N3O3. The van der Waals surface area contributed by atoms with E-state index in [-0.39, 0.29) is 17.7 Å². The van der Waals surface area contributed by atoms with Gasteiger partial charge in [0, 0.05) is 41.2 Å². The first kappa shape index (κ1) is 19.5. The molecule has 0 saturated carbocycles. The van der Waals surface area contributed by atoms with Gasteiger partial charge in [-0.3, -0.25) is 9.59 Å². The molecule has 0 aliphatic rings. The Morgan fingerprint density at radius 3 is 2.61 bits per heavy atom. The second-order valence-electron chi connectivity index (χ2n) is 7.00. The molecule has 6 heteroatoms. The van der Waals surface area contributed by atoms with Crippen LogP contribution in [0.2, 0.25) is 0 Å². The lowest BCUT2D eigenvalue weighted by Gasteiger charge is -2.20. The summed E-state index contributed by atoms with van der Waals surface area (Å²) in [7, 11) is 1.57. The Morgan fingerprint density at radius 1 is 1.07 bits per heavy atom. The quantitative estimate of drug-likeness (QED) is 0.587. The number of methoxy groups -OCH3 is 1. The van der Waals surface area contributed by atoms with Gasteiger partial charge in [0.15, 0.2) is 0 Å². The van der Waals surface area contributed by atoms with Crippen LogP contribution in [0.3, 0.4) is 0 Å². The molecule has 1 atom stereocenters. The van der Waals surface area contributed by atoms with E-state index in [9.17, 15) is 9.59 Å². The Bertz CT molecular complexity index is 978. The van der Waals surface area contributed by atoms with Crippen LogP contribution in [-0.4, -0.2) is 29.9 Å². The Labute approximate surface area is 164 Å². The fourth-order valence-corrected chi connectivity index (χ4v) is 3.00. The van der Waals surface area contributed by atoms with Gasteiger partial charge in [-0.25, -0.2) is 0 Å². The number of para-hydroxylation sites is 1. The van der Waals surface area contributed by atoms with Gasteiger partial charge < -0.3 is 20.4 Å². The van der Waals surface area contributed by atoms with Crippen LogP contribution in [0.4, 0.5) is 5.69 Å². The number of aromatic amines is 1. The average Bonchev–Trinajstić information content (AvgIpc) is 3.10. The summed E-state index contributed by atoms with van der Waals surface area (Å²) in [6.07, 6.45) is 2.27. The molecule has 28 heavy (non-hydrogen) atoms. The highest BCUT2D eigenvalue weighted by Gasteiger charge is 2.24. The zero-order valence-corrected chi connectivity index (χ0v) is 16.3. The third-order valence-electron chi connectivity index (χ3n) is 4.59. The van der Waals surface area contributed by atoms with Gasteiger partial charge in [-0.15, -0.1) is 0 Å². The van der Waals surface area contributed by atoms with Gasteiger partial charge in [0.25, 0.3) is 0 Å². The Morgan fingerprint density at radius 2 is 1.86 bits per heavy atom. The van der Waals surface area contributed by atoms with Crippen molar-refractivity contribution in [2.45, 2.75) is 26.3 Å². The number of carbonyl (C=O) groups excluding carboxylic acids is 2. The smallest absolute Gasteiger partial charge is 0.247 e. The third kappa shape index (κ3) is 4.52. The van der Waals surface area contributed by atoms with Gasteiger partial charge >= 0.3 is 0 Å². The van der Waals surface area contributed by atoms with Crippen molar-refractivity contribution < 1.29 is 14.3 Å². The van der Waals surface area contributed by atoms with E-state index in [4.69, 9.17) is 4.74 Å². The molecule has 6 nitrogen and oxygen atoms in total. The molecular weight excluding hydrogens is 354 g/mol. The number of amides is 2. The molecule has 0 aliphatic carbocycles. The highest BCUT2D eigenvalue weighted by Crippen LogP contribution is 2.21. The van der Waals surface area contributed by atoms with E-state index >= 15 is 0 Å². The van der Waals surface area contributed by atoms with Crippen molar-refractivity contribution in [3.8, 4) is 5.75 Å². The number of aromatic nitrogens is 1. The third-order valence-corrected chi connectivity index (χ3v) is 4.59. The number of benzene rings is 2. The topological polar surface area (TPSA) is 83.2 Å². The maximum Gasteiger partial charge on any atom is 0.247 e. The number of rotatable bonds is 7. The van der Waals surface area contributed by atoms with Crippen molar-refractivity contribution in [1.29, 1.82) is 0 Å². The molecule has 3 rings (SSSR count). The van der Waals surface area contributed by atoms with Crippen LogP contribution in [0.5, 0.6) is 5.75 Å². The summed E-state index contributed by atoms with van der Waals surface area (Å²) in [5.74, 6) is 0.00505. The SMILES string of the molecule is COc1cccc(NC(=O)C(Cc2c[nH]c3ccccc23)NC(=O)C(C)C)c1. The molecule has 1 aromatic heterocycles. The Balaban J connectivity index is 1.83. The first-order valence-electron chi connectivity index (χ1n) is 9.28. The molecule has 2 amide bonds. The molecule has 1 heterocycles. The van der Waals surface area contributed by atoms with Crippen molar-refractivity contribution in [2.24, 2.45) is 5.92 Å². The van der Waals surface area contributed by atoms with Crippen LogP contribution < -0.4 is 15.4 Å². The minimum absolute atomic E-state index is 0.161. The molecule has 0 fully saturated rings. The number of H-pyrrole nitrogens is 1. The summed E-state index contributed by atoms with van der Waals surface area (Å²) in [6.45, 7) is 3.61. The van der Waals surface area contributed by atoms with Gasteiger partial charge in [0.05, 0.1) is 7.11 Å². The molecule has 0 spiro atoms. The lowest BCUT2D eigenvalue weighted by Crippen LogP contribution is -2.46. The Kier molecular flexibility index (Phi) is 5.99. The van der Waals surface area contributed by atoms with Crippen molar-refractivity contribution in [3.63, 3.8) is 0 Å². The molecule has 0 radical (unpaired) electrons. The minimum atomic E-state index is -0.694. The molecule has 3 aromatic rings. The summed E-state index contributed by atoms with van der Waals surface area (Å²) in [6, 6.07) is 14.3. The molecule has 0 aliphatic heterocycles. The van der Waals surface area contributed by atoms with Gasteiger partial charge in [-0.05, 0) is 23.8 Å². The number of hydrogen-bond donors (Lipinski definition) is 3. The van der Waals surface area contributed by atoms with E-state index in [1.165, 1.54) is 0 Å². The number of anilines is 1. The average molecular weight is 379 g/mol. The lowest BCUT2D eigenvalue weighted by atomic mass is 10.0. The first-order chi connectivity index (χ1) is 13.5. The molecule has 2 aromatic carbocycles. The van der Waals surface area contributed by atoms with E-state index in [1.807, 2.05) is 30.5 Å². The van der Waals surface area contributed by atoms with Gasteiger partial charge in [0.2, 0.25) is 11.8 Å². The maximum absolute atomic E-state index is 13.0. The van der Waals surface area contributed by atoms with Crippen LogP contribution >= 0.6 is 0 Å². The number of fused-ring (bicyclic) bond motifs is 1. The summed E-state index contributed by atoms with van der Waals surface area (Å²) in [4.78, 5) is 28.5. The van der Waals surface area contributed by atoms with E-state index in [2.05, 4.69) is 15.6 Å². The fourth-order valence-electron chi connectivity index (χ4n) is 3.00. The number of nitrogens with one attached hydrogen (secondary N) is 3. The summed E-state index contributed by atoms with van der Waals surface area (Å²) >= 11 is 0. The predicted molar refractivity (Wildman–Crippen MR) is 110 cm³/mol. The lowest BCUT2D eigenvalue weighted by molar-refractivity contribution is -0.128. The van der Waals surface area contributed by atoms with Crippen LogP contribution in [0.25, 0.3) is 10.9 Å². The molecule has 3 N–H and O–H groups in total. The minimum Gasteiger partial charge on any atom is -0.497 e. The standard InChI is InChI=1S/C22H25N3O3/c1-14(2)21(26)25-20(11-15-13-23-19-10-5-4-9-18(15)19)22(27)24-16-7-6-8-17(12-16)28-3/h4-10,12-14,20,23H,11H2,1-3H3,(H,24,27)(H,25,26). The summed E-state index contributed by atoms with van der Waals surface area (Å²) < 4.78 is 5.20. The highest BCUT2D eigenvalue weighted by molar-refractivity contribution is 5.98.